The van der Waals surface area contributed by atoms with E-state index in [2.05, 4.69) is 21.2 Å². The van der Waals surface area contributed by atoms with Gasteiger partial charge in [0.1, 0.15) is 11.5 Å². The number of ether oxygens (including phenoxy) is 1. The summed E-state index contributed by atoms with van der Waals surface area (Å²) in [6.45, 7) is 0.321. The second kappa shape index (κ2) is 6.37. The number of carbonyl (C=O) groups excluding carboxylic acids is 1. The number of nitrogens with one attached hydrogen (secondary N) is 1. The number of aromatic hydroxyl groups is 1. The monoisotopic (exact) mass is 287 g/mol. The van der Waals surface area contributed by atoms with Crippen LogP contribution in [0.3, 0.4) is 0 Å². The predicted octanol–water partition coefficient (Wildman–Crippen LogP) is 1.80. The van der Waals surface area contributed by atoms with E-state index in [0.717, 1.165) is 0 Å². The predicted molar refractivity (Wildman–Crippen MR) is 64.9 cm³/mol. The van der Waals surface area contributed by atoms with E-state index in [0.29, 0.717) is 29.6 Å². The van der Waals surface area contributed by atoms with Crippen molar-refractivity contribution in [3.63, 3.8) is 0 Å². The first kappa shape index (κ1) is 12.8. The molecule has 0 aromatic heterocycles. The van der Waals surface area contributed by atoms with Crippen molar-refractivity contribution in [1.82, 2.24) is 5.32 Å². The van der Waals surface area contributed by atoms with E-state index in [-0.39, 0.29) is 11.7 Å². The molecule has 88 valence electrons. The molecule has 1 aromatic carbocycles. The van der Waals surface area contributed by atoms with Gasteiger partial charge in [-0.05, 0) is 12.1 Å². The topological polar surface area (TPSA) is 58.6 Å². The van der Waals surface area contributed by atoms with Crippen LogP contribution >= 0.6 is 15.9 Å². The highest BCUT2D eigenvalue weighted by Gasteiger charge is 2.05. The zero-order chi connectivity index (χ0) is 12.0. The number of alkyl halides is 1. The standard InChI is InChI=1S/C11H14BrNO3/c1-16-9-3-2-8(10(14)6-9)7-13-11(15)4-5-12/h2-3,6,14H,4-5,7H2,1H3,(H,13,15). The van der Waals surface area contributed by atoms with Crippen LogP contribution in [0, 0.1) is 0 Å². The minimum absolute atomic E-state index is 0.0490. The Morgan fingerprint density at radius 3 is 2.88 bits per heavy atom. The van der Waals surface area contributed by atoms with Gasteiger partial charge in [-0.1, -0.05) is 15.9 Å². The Balaban J connectivity index is 2.57. The maximum absolute atomic E-state index is 11.2. The van der Waals surface area contributed by atoms with E-state index in [1.54, 1.807) is 12.1 Å². The Hall–Kier alpha value is -1.23. The molecule has 16 heavy (non-hydrogen) atoms. The Labute approximate surface area is 103 Å². The second-order valence-corrected chi connectivity index (χ2v) is 4.00. The molecular formula is C11H14BrNO3. The van der Waals surface area contributed by atoms with Crippen molar-refractivity contribution in [2.45, 2.75) is 13.0 Å². The summed E-state index contributed by atoms with van der Waals surface area (Å²) in [7, 11) is 1.53. The molecule has 0 fully saturated rings. The zero-order valence-corrected chi connectivity index (χ0v) is 10.6. The van der Waals surface area contributed by atoms with Crippen molar-refractivity contribution in [3.8, 4) is 11.5 Å². The van der Waals surface area contributed by atoms with Crippen LogP contribution in [-0.4, -0.2) is 23.5 Å². The number of phenols is 1. The summed E-state index contributed by atoms with van der Waals surface area (Å²) in [5, 5.41) is 13.0. The molecule has 0 spiro atoms. The van der Waals surface area contributed by atoms with Crippen molar-refractivity contribution >= 4 is 21.8 Å². The molecule has 4 nitrogen and oxygen atoms in total. The number of hydrogen-bond acceptors (Lipinski definition) is 3. The minimum atomic E-state index is -0.0490. The van der Waals surface area contributed by atoms with Crippen LogP contribution in [0.25, 0.3) is 0 Å². The third-order valence-corrected chi connectivity index (χ3v) is 2.49. The van der Waals surface area contributed by atoms with Gasteiger partial charge in [0, 0.05) is 29.9 Å². The number of carbonyl (C=O) groups is 1. The Morgan fingerprint density at radius 2 is 2.31 bits per heavy atom. The van der Waals surface area contributed by atoms with Gasteiger partial charge in [-0.3, -0.25) is 4.79 Å². The van der Waals surface area contributed by atoms with Gasteiger partial charge in [0.05, 0.1) is 7.11 Å². The lowest BCUT2D eigenvalue weighted by atomic mass is 10.2. The van der Waals surface area contributed by atoms with E-state index in [1.807, 2.05) is 0 Å². The highest BCUT2D eigenvalue weighted by molar-refractivity contribution is 9.09. The molecule has 0 aliphatic rings. The average molecular weight is 288 g/mol. The van der Waals surface area contributed by atoms with Gasteiger partial charge in [0.25, 0.3) is 0 Å². The van der Waals surface area contributed by atoms with E-state index in [4.69, 9.17) is 4.74 Å². The third kappa shape index (κ3) is 3.73. The smallest absolute Gasteiger partial charge is 0.221 e. The number of halogens is 1. The molecule has 0 aliphatic carbocycles. The normalized spacial score (nSPS) is 9.88. The maximum atomic E-state index is 11.2. The summed E-state index contributed by atoms with van der Waals surface area (Å²) >= 11 is 3.18. The number of benzene rings is 1. The van der Waals surface area contributed by atoms with Crippen LogP contribution in [0.2, 0.25) is 0 Å². The minimum Gasteiger partial charge on any atom is -0.507 e. The Morgan fingerprint density at radius 1 is 1.56 bits per heavy atom. The quantitative estimate of drug-likeness (QED) is 0.812. The molecule has 0 saturated heterocycles. The van der Waals surface area contributed by atoms with Crippen LogP contribution in [0.4, 0.5) is 0 Å². The molecule has 0 bridgehead atoms. The van der Waals surface area contributed by atoms with Crippen molar-refractivity contribution in [2.75, 3.05) is 12.4 Å². The largest absolute Gasteiger partial charge is 0.507 e. The van der Waals surface area contributed by atoms with Crippen molar-refractivity contribution in [1.29, 1.82) is 0 Å². The number of amides is 1. The van der Waals surface area contributed by atoms with Gasteiger partial charge in [0.2, 0.25) is 5.91 Å². The molecule has 0 aliphatic heterocycles. The lowest BCUT2D eigenvalue weighted by molar-refractivity contribution is -0.120. The van der Waals surface area contributed by atoms with Crippen LogP contribution in [0.5, 0.6) is 11.5 Å². The van der Waals surface area contributed by atoms with Crippen molar-refractivity contribution < 1.29 is 14.6 Å². The molecular weight excluding hydrogens is 274 g/mol. The summed E-state index contributed by atoms with van der Waals surface area (Å²) < 4.78 is 4.96. The van der Waals surface area contributed by atoms with Crippen molar-refractivity contribution in [3.05, 3.63) is 23.8 Å². The van der Waals surface area contributed by atoms with Crippen LogP contribution in [0.15, 0.2) is 18.2 Å². The van der Waals surface area contributed by atoms with Crippen LogP contribution < -0.4 is 10.1 Å². The average Bonchev–Trinajstić information content (AvgIpc) is 2.27. The number of hydrogen-bond donors (Lipinski definition) is 2. The molecule has 1 aromatic rings. The third-order valence-electron chi connectivity index (χ3n) is 2.09. The Bertz CT molecular complexity index is 368. The first-order chi connectivity index (χ1) is 7.67. The van der Waals surface area contributed by atoms with Gasteiger partial charge >= 0.3 is 0 Å². The summed E-state index contributed by atoms with van der Waals surface area (Å²) in [6, 6.07) is 4.99. The number of methoxy groups -OCH3 is 1. The first-order valence-corrected chi connectivity index (χ1v) is 5.98. The Kier molecular flexibility index (Phi) is 5.11. The molecule has 5 heteroatoms. The lowest BCUT2D eigenvalue weighted by Crippen LogP contribution is -2.22. The summed E-state index contributed by atoms with van der Waals surface area (Å²) in [4.78, 5) is 11.2. The van der Waals surface area contributed by atoms with Crippen LogP contribution in [-0.2, 0) is 11.3 Å². The highest BCUT2D eigenvalue weighted by atomic mass is 79.9. The van der Waals surface area contributed by atoms with E-state index < -0.39 is 0 Å². The lowest BCUT2D eigenvalue weighted by Gasteiger charge is -2.08. The van der Waals surface area contributed by atoms with Crippen molar-refractivity contribution in [2.24, 2.45) is 0 Å². The zero-order valence-electron chi connectivity index (χ0n) is 9.00. The van der Waals surface area contributed by atoms with Gasteiger partial charge in [-0.25, -0.2) is 0 Å². The number of phenolic OH excluding ortho intramolecular Hbond substituents is 1. The van der Waals surface area contributed by atoms with Gasteiger partial charge < -0.3 is 15.2 Å². The molecule has 1 amide bonds. The molecule has 0 radical (unpaired) electrons. The van der Waals surface area contributed by atoms with E-state index >= 15 is 0 Å². The maximum Gasteiger partial charge on any atom is 0.221 e. The first-order valence-electron chi connectivity index (χ1n) is 4.86. The van der Waals surface area contributed by atoms with Gasteiger partial charge in [0.15, 0.2) is 0 Å². The van der Waals surface area contributed by atoms with E-state index in [9.17, 15) is 9.90 Å². The van der Waals surface area contributed by atoms with Crippen LogP contribution in [0.1, 0.15) is 12.0 Å². The fraction of sp³-hybridized carbons (Fsp3) is 0.364. The molecule has 0 atom stereocenters. The number of rotatable bonds is 5. The summed E-state index contributed by atoms with van der Waals surface area (Å²) in [6.07, 6.45) is 0.427. The van der Waals surface area contributed by atoms with Gasteiger partial charge in [-0.2, -0.15) is 0 Å². The second-order valence-electron chi connectivity index (χ2n) is 3.21. The SMILES string of the molecule is COc1ccc(CNC(=O)CCBr)c(O)c1. The molecule has 2 N–H and O–H groups in total. The molecule has 1 rings (SSSR count). The molecule has 0 heterocycles. The fourth-order valence-corrected chi connectivity index (χ4v) is 1.55. The molecule has 0 saturated carbocycles. The summed E-state index contributed by atoms with van der Waals surface area (Å²) in [5.74, 6) is 0.665. The van der Waals surface area contributed by atoms with E-state index in [1.165, 1.54) is 13.2 Å². The summed E-state index contributed by atoms with van der Waals surface area (Å²) in [5.41, 5.74) is 0.670. The molecule has 0 unspecified atom stereocenters. The highest BCUT2D eigenvalue weighted by Crippen LogP contribution is 2.22. The van der Waals surface area contributed by atoms with Gasteiger partial charge in [-0.15, -0.1) is 0 Å². The fourth-order valence-electron chi connectivity index (χ4n) is 1.19.